The maximum atomic E-state index is 13.5. The van der Waals surface area contributed by atoms with Crippen LogP contribution in [0, 0.1) is 17.6 Å². The fourth-order valence-electron chi connectivity index (χ4n) is 2.38. The number of amides is 1. The molecule has 0 bridgehead atoms. The largest absolute Gasteiger partial charge is 0.339 e. The quantitative estimate of drug-likeness (QED) is 0.792. The maximum absolute atomic E-state index is 13.5. The fourth-order valence-corrected chi connectivity index (χ4v) is 2.38. The van der Waals surface area contributed by atoms with E-state index in [9.17, 15) is 13.6 Å². The zero-order valence-corrected chi connectivity index (χ0v) is 10.5. The van der Waals surface area contributed by atoms with Crippen molar-refractivity contribution >= 4 is 5.91 Å². The Morgan fingerprint density at radius 3 is 2.61 bits per heavy atom. The Bertz CT molecular complexity index is 439. The van der Waals surface area contributed by atoms with Crippen LogP contribution in [0.2, 0.25) is 0 Å². The first-order chi connectivity index (χ1) is 8.63. The first-order valence-electron chi connectivity index (χ1n) is 6.36. The molecule has 18 heavy (non-hydrogen) atoms. The van der Waals surface area contributed by atoms with Crippen molar-refractivity contribution in [3.8, 4) is 0 Å². The number of rotatable bonds is 2. The summed E-state index contributed by atoms with van der Waals surface area (Å²) in [7, 11) is 0. The van der Waals surface area contributed by atoms with Crippen LogP contribution >= 0.6 is 0 Å². The number of carbonyl (C=O) groups excluding carboxylic acids is 1. The van der Waals surface area contributed by atoms with Crippen molar-refractivity contribution in [1.29, 1.82) is 0 Å². The second-order valence-corrected chi connectivity index (χ2v) is 4.75. The molecule has 1 saturated heterocycles. The van der Waals surface area contributed by atoms with Gasteiger partial charge in [-0.05, 0) is 30.9 Å². The van der Waals surface area contributed by atoms with Crippen LogP contribution in [0.5, 0.6) is 0 Å². The SMILES string of the molecule is CCC1CCN(C(=O)c2cccc(F)c2F)CC1. The van der Waals surface area contributed by atoms with Gasteiger partial charge in [-0.15, -0.1) is 0 Å². The molecule has 4 heteroatoms. The number of benzene rings is 1. The van der Waals surface area contributed by atoms with Crippen LogP contribution < -0.4 is 0 Å². The monoisotopic (exact) mass is 253 g/mol. The lowest BCUT2D eigenvalue weighted by atomic mass is 9.94. The van der Waals surface area contributed by atoms with E-state index in [0.717, 1.165) is 25.3 Å². The number of hydrogen-bond donors (Lipinski definition) is 0. The third-order valence-corrected chi connectivity index (χ3v) is 3.66. The van der Waals surface area contributed by atoms with Crippen molar-refractivity contribution in [2.24, 2.45) is 5.92 Å². The van der Waals surface area contributed by atoms with Crippen molar-refractivity contribution in [2.75, 3.05) is 13.1 Å². The van der Waals surface area contributed by atoms with E-state index < -0.39 is 17.5 Å². The van der Waals surface area contributed by atoms with Crippen LogP contribution in [0.25, 0.3) is 0 Å². The second kappa shape index (κ2) is 5.46. The normalized spacial score (nSPS) is 16.9. The van der Waals surface area contributed by atoms with Crippen LogP contribution in [0.1, 0.15) is 36.5 Å². The molecule has 0 radical (unpaired) electrons. The Labute approximate surface area is 106 Å². The summed E-state index contributed by atoms with van der Waals surface area (Å²) >= 11 is 0. The minimum absolute atomic E-state index is 0.162. The van der Waals surface area contributed by atoms with Crippen LogP contribution in [0.15, 0.2) is 18.2 Å². The summed E-state index contributed by atoms with van der Waals surface area (Å²) in [6.45, 7) is 3.40. The molecule has 0 saturated carbocycles. The predicted octanol–water partition coefficient (Wildman–Crippen LogP) is 3.23. The van der Waals surface area contributed by atoms with Gasteiger partial charge < -0.3 is 4.90 Å². The lowest BCUT2D eigenvalue weighted by molar-refractivity contribution is 0.0683. The molecule has 2 rings (SSSR count). The molecule has 1 amide bonds. The number of carbonyl (C=O) groups is 1. The number of nitrogens with zero attached hydrogens (tertiary/aromatic N) is 1. The second-order valence-electron chi connectivity index (χ2n) is 4.75. The molecular weight excluding hydrogens is 236 g/mol. The van der Waals surface area contributed by atoms with E-state index in [0.29, 0.717) is 19.0 Å². The molecule has 0 atom stereocenters. The first-order valence-corrected chi connectivity index (χ1v) is 6.36. The van der Waals surface area contributed by atoms with Gasteiger partial charge in [-0.1, -0.05) is 19.4 Å². The Kier molecular flexibility index (Phi) is 3.94. The highest BCUT2D eigenvalue weighted by Crippen LogP contribution is 2.22. The summed E-state index contributed by atoms with van der Waals surface area (Å²) in [6.07, 6.45) is 2.99. The molecule has 98 valence electrons. The minimum atomic E-state index is -1.04. The molecule has 0 spiro atoms. The number of halogens is 2. The van der Waals surface area contributed by atoms with Gasteiger partial charge in [0.2, 0.25) is 0 Å². The van der Waals surface area contributed by atoms with Crippen molar-refractivity contribution in [3.05, 3.63) is 35.4 Å². The standard InChI is InChI=1S/C14H17F2NO/c1-2-10-6-8-17(9-7-10)14(18)11-4-3-5-12(15)13(11)16/h3-5,10H,2,6-9H2,1H3. The van der Waals surface area contributed by atoms with E-state index in [1.807, 2.05) is 0 Å². The van der Waals surface area contributed by atoms with E-state index in [4.69, 9.17) is 0 Å². The number of likely N-dealkylation sites (tertiary alicyclic amines) is 1. The van der Waals surface area contributed by atoms with Gasteiger partial charge >= 0.3 is 0 Å². The van der Waals surface area contributed by atoms with Gasteiger partial charge in [-0.25, -0.2) is 8.78 Å². The molecule has 0 aliphatic carbocycles. The molecule has 1 aliphatic rings. The highest BCUT2D eigenvalue weighted by atomic mass is 19.2. The summed E-state index contributed by atoms with van der Waals surface area (Å²) in [6, 6.07) is 3.73. The summed E-state index contributed by atoms with van der Waals surface area (Å²) in [5, 5.41) is 0. The van der Waals surface area contributed by atoms with Gasteiger partial charge in [0.1, 0.15) is 0 Å². The summed E-state index contributed by atoms with van der Waals surface area (Å²) in [5.74, 6) is -1.77. The zero-order chi connectivity index (χ0) is 13.1. The Morgan fingerprint density at radius 2 is 2.00 bits per heavy atom. The van der Waals surface area contributed by atoms with Gasteiger partial charge in [0.25, 0.3) is 5.91 Å². The highest BCUT2D eigenvalue weighted by Gasteiger charge is 2.25. The summed E-state index contributed by atoms with van der Waals surface area (Å²) in [4.78, 5) is 13.7. The average molecular weight is 253 g/mol. The van der Waals surface area contributed by atoms with Gasteiger partial charge in [0, 0.05) is 13.1 Å². The molecule has 1 aromatic carbocycles. The summed E-state index contributed by atoms with van der Waals surface area (Å²) in [5.41, 5.74) is -0.162. The Balaban J connectivity index is 2.10. The van der Waals surface area contributed by atoms with E-state index >= 15 is 0 Å². The topological polar surface area (TPSA) is 20.3 Å². The van der Waals surface area contributed by atoms with Crippen molar-refractivity contribution < 1.29 is 13.6 Å². The van der Waals surface area contributed by atoms with Gasteiger partial charge in [-0.2, -0.15) is 0 Å². The molecular formula is C14H17F2NO. The number of piperidine rings is 1. The van der Waals surface area contributed by atoms with Crippen LogP contribution in [0.3, 0.4) is 0 Å². The Morgan fingerprint density at radius 1 is 1.33 bits per heavy atom. The summed E-state index contributed by atoms with van der Waals surface area (Å²) < 4.78 is 26.6. The Hall–Kier alpha value is -1.45. The van der Waals surface area contributed by atoms with Gasteiger partial charge in [0.15, 0.2) is 11.6 Å². The third-order valence-electron chi connectivity index (χ3n) is 3.66. The average Bonchev–Trinajstić information content (AvgIpc) is 2.41. The predicted molar refractivity (Wildman–Crippen MR) is 65.3 cm³/mol. The lowest BCUT2D eigenvalue weighted by Gasteiger charge is -2.31. The molecule has 0 aromatic heterocycles. The van der Waals surface area contributed by atoms with E-state index in [-0.39, 0.29) is 5.56 Å². The first kappa shape index (κ1) is 13.0. The van der Waals surface area contributed by atoms with Crippen molar-refractivity contribution in [3.63, 3.8) is 0 Å². The van der Waals surface area contributed by atoms with Crippen molar-refractivity contribution in [2.45, 2.75) is 26.2 Å². The van der Waals surface area contributed by atoms with E-state index in [1.165, 1.54) is 12.1 Å². The maximum Gasteiger partial charge on any atom is 0.256 e. The van der Waals surface area contributed by atoms with Crippen LogP contribution in [-0.2, 0) is 0 Å². The van der Waals surface area contributed by atoms with Gasteiger partial charge in [-0.3, -0.25) is 4.79 Å². The van der Waals surface area contributed by atoms with Crippen molar-refractivity contribution in [1.82, 2.24) is 4.90 Å². The molecule has 1 heterocycles. The zero-order valence-electron chi connectivity index (χ0n) is 10.5. The van der Waals surface area contributed by atoms with Gasteiger partial charge in [0.05, 0.1) is 5.56 Å². The molecule has 0 unspecified atom stereocenters. The third kappa shape index (κ3) is 2.52. The minimum Gasteiger partial charge on any atom is -0.339 e. The van der Waals surface area contributed by atoms with Crippen LogP contribution in [-0.4, -0.2) is 23.9 Å². The molecule has 0 N–H and O–H groups in total. The fraction of sp³-hybridized carbons (Fsp3) is 0.500. The lowest BCUT2D eigenvalue weighted by Crippen LogP contribution is -2.38. The molecule has 1 aliphatic heterocycles. The highest BCUT2D eigenvalue weighted by molar-refractivity contribution is 5.94. The number of hydrogen-bond acceptors (Lipinski definition) is 1. The molecule has 1 fully saturated rings. The van der Waals surface area contributed by atoms with Crippen LogP contribution in [0.4, 0.5) is 8.78 Å². The van der Waals surface area contributed by atoms with E-state index in [2.05, 4.69) is 6.92 Å². The van der Waals surface area contributed by atoms with E-state index in [1.54, 1.807) is 4.90 Å². The molecule has 1 aromatic rings. The smallest absolute Gasteiger partial charge is 0.256 e. The molecule has 2 nitrogen and oxygen atoms in total.